The van der Waals surface area contributed by atoms with Crippen molar-refractivity contribution in [2.75, 3.05) is 12.9 Å². The lowest BCUT2D eigenvalue weighted by Crippen LogP contribution is -2.31. The van der Waals surface area contributed by atoms with Crippen molar-refractivity contribution in [2.45, 2.75) is 17.4 Å². The summed E-state index contributed by atoms with van der Waals surface area (Å²) in [5.41, 5.74) is 5.30. The van der Waals surface area contributed by atoms with Gasteiger partial charge in [0, 0.05) is 12.7 Å². The van der Waals surface area contributed by atoms with Crippen molar-refractivity contribution in [1.29, 1.82) is 0 Å². The van der Waals surface area contributed by atoms with E-state index in [-0.39, 0.29) is 17.9 Å². The average Bonchev–Trinajstić information content (AvgIpc) is 2.28. The van der Waals surface area contributed by atoms with Gasteiger partial charge in [-0.1, -0.05) is 0 Å². The molecule has 0 aromatic heterocycles. The van der Waals surface area contributed by atoms with Crippen LogP contribution >= 0.6 is 0 Å². The summed E-state index contributed by atoms with van der Waals surface area (Å²) in [6.07, 6.45) is 1.30. The van der Waals surface area contributed by atoms with Crippen molar-refractivity contribution < 1.29 is 23.1 Å². The molecule has 1 aromatic carbocycles. The molecular formula is C11H15NO5S. The number of sulfone groups is 1. The maximum Gasteiger partial charge on any atom is 0.320 e. The van der Waals surface area contributed by atoms with Gasteiger partial charge in [0.25, 0.3) is 0 Å². The highest BCUT2D eigenvalue weighted by molar-refractivity contribution is 7.90. The van der Waals surface area contributed by atoms with Crippen LogP contribution in [0, 0.1) is 0 Å². The number of carbonyl (C=O) groups is 1. The molecular weight excluding hydrogens is 258 g/mol. The lowest BCUT2D eigenvalue weighted by molar-refractivity contribution is -0.138. The van der Waals surface area contributed by atoms with E-state index in [1.165, 1.54) is 24.3 Å². The Morgan fingerprint density at radius 3 is 2.39 bits per heavy atom. The first-order valence-electron chi connectivity index (χ1n) is 5.22. The van der Waals surface area contributed by atoms with E-state index < -0.39 is 21.8 Å². The van der Waals surface area contributed by atoms with Crippen molar-refractivity contribution >= 4 is 15.8 Å². The highest BCUT2D eigenvalue weighted by atomic mass is 32.2. The molecule has 0 heterocycles. The molecule has 0 fully saturated rings. The number of hydrogen-bond donors (Lipinski definition) is 2. The molecule has 0 radical (unpaired) electrons. The predicted molar refractivity (Wildman–Crippen MR) is 65.3 cm³/mol. The molecule has 0 spiro atoms. The summed E-state index contributed by atoms with van der Waals surface area (Å²) in [6, 6.07) is 4.94. The number of carboxylic acids is 1. The molecule has 1 atom stereocenters. The Morgan fingerprint density at radius 2 is 1.94 bits per heavy atom. The van der Waals surface area contributed by atoms with Gasteiger partial charge in [0.2, 0.25) is 0 Å². The van der Waals surface area contributed by atoms with E-state index in [2.05, 4.69) is 0 Å². The summed E-state index contributed by atoms with van der Waals surface area (Å²) in [5, 5.41) is 8.56. The number of benzene rings is 1. The largest absolute Gasteiger partial charge is 0.494 e. The normalized spacial score (nSPS) is 13.0. The number of aliphatic carboxylic acids is 1. The Balaban J connectivity index is 2.52. The monoisotopic (exact) mass is 273 g/mol. The standard InChI is InChI=1S/C11H15NO5S/c1-18(15,16)9-4-2-8(3-5-9)17-7-6-10(12)11(13)14/h2-5,10H,6-7,12H2,1H3,(H,13,14). The zero-order valence-electron chi connectivity index (χ0n) is 9.87. The maximum atomic E-state index is 11.2. The minimum Gasteiger partial charge on any atom is -0.494 e. The molecule has 0 saturated carbocycles. The fraction of sp³-hybridized carbons (Fsp3) is 0.364. The number of rotatable bonds is 6. The van der Waals surface area contributed by atoms with E-state index in [0.29, 0.717) is 5.75 Å². The number of nitrogens with two attached hydrogens (primary N) is 1. The third kappa shape index (κ3) is 4.34. The molecule has 0 bridgehead atoms. The summed E-state index contributed by atoms with van der Waals surface area (Å²) < 4.78 is 27.7. The number of hydrogen-bond acceptors (Lipinski definition) is 5. The van der Waals surface area contributed by atoms with Crippen LogP contribution in [0.15, 0.2) is 29.2 Å². The third-order valence-electron chi connectivity index (χ3n) is 2.27. The maximum absolute atomic E-state index is 11.2. The molecule has 100 valence electrons. The molecule has 18 heavy (non-hydrogen) atoms. The highest BCUT2D eigenvalue weighted by Crippen LogP contribution is 2.15. The van der Waals surface area contributed by atoms with Crippen molar-refractivity contribution in [3.05, 3.63) is 24.3 Å². The molecule has 1 unspecified atom stereocenters. The van der Waals surface area contributed by atoms with Gasteiger partial charge in [0.1, 0.15) is 11.8 Å². The van der Waals surface area contributed by atoms with Crippen molar-refractivity contribution in [2.24, 2.45) is 5.73 Å². The smallest absolute Gasteiger partial charge is 0.320 e. The minimum absolute atomic E-state index is 0.158. The molecule has 0 aliphatic rings. The van der Waals surface area contributed by atoms with Gasteiger partial charge in [-0.3, -0.25) is 4.79 Å². The molecule has 1 aromatic rings. The number of carboxylic acid groups (broad SMARTS) is 1. The van der Waals surface area contributed by atoms with Crippen LogP contribution in [0.2, 0.25) is 0 Å². The van der Waals surface area contributed by atoms with Gasteiger partial charge >= 0.3 is 5.97 Å². The molecule has 6 nitrogen and oxygen atoms in total. The van der Waals surface area contributed by atoms with E-state index in [0.717, 1.165) is 6.26 Å². The molecule has 3 N–H and O–H groups in total. The SMILES string of the molecule is CS(=O)(=O)c1ccc(OCCC(N)C(=O)O)cc1. The lowest BCUT2D eigenvalue weighted by atomic mass is 10.2. The Bertz CT molecular complexity index is 509. The zero-order valence-corrected chi connectivity index (χ0v) is 10.7. The molecule has 0 saturated heterocycles. The van der Waals surface area contributed by atoms with Gasteiger partial charge in [-0.25, -0.2) is 8.42 Å². The molecule has 0 aliphatic carbocycles. The van der Waals surface area contributed by atoms with Gasteiger partial charge in [0.05, 0.1) is 11.5 Å². The zero-order chi connectivity index (χ0) is 13.8. The van der Waals surface area contributed by atoms with Crippen molar-refractivity contribution in [3.8, 4) is 5.75 Å². The second-order valence-electron chi connectivity index (χ2n) is 3.83. The topological polar surface area (TPSA) is 107 Å². The summed E-state index contributed by atoms with van der Waals surface area (Å²) in [5.74, 6) is -0.606. The third-order valence-corrected chi connectivity index (χ3v) is 3.40. The van der Waals surface area contributed by atoms with Crippen LogP contribution in [0.3, 0.4) is 0 Å². The van der Waals surface area contributed by atoms with Crippen molar-refractivity contribution in [3.63, 3.8) is 0 Å². The van der Waals surface area contributed by atoms with Gasteiger partial charge in [-0.2, -0.15) is 0 Å². The predicted octanol–water partition coefficient (Wildman–Crippen LogP) is 0.271. The Hall–Kier alpha value is -1.60. The number of ether oxygens (including phenoxy) is 1. The van der Waals surface area contributed by atoms with E-state index in [1.807, 2.05) is 0 Å². The van der Waals surface area contributed by atoms with Crippen LogP contribution in [0.25, 0.3) is 0 Å². The average molecular weight is 273 g/mol. The molecule has 7 heteroatoms. The van der Waals surface area contributed by atoms with Gasteiger partial charge in [-0.05, 0) is 24.3 Å². The Kier molecular flexibility index (Phi) is 4.69. The molecule has 0 aliphatic heterocycles. The first-order valence-corrected chi connectivity index (χ1v) is 7.11. The second-order valence-corrected chi connectivity index (χ2v) is 5.84. The van der Waals surface area contributed by atoms with Crippen LogP contribution in [0.4, 0.5) is 0 Å². The fourth-order valence-electron chi connectivity index (χ4n) is 1.21. The highest BCUT2D eigenvalue weighted by Gasteiger charge is 2.11. The minimum atomic E-state index is -3.22. The first-order chi connectivity index (χ1) is 8.30. The molecule has 0 amide bonds. The van der Waals surface area contributed by atoms with Crippen LogP contribution in [-0.4, -0.2) is 38.4 Å². The van der Waals surface area contributed by atoms with E-state index in [9.17, 15) is 13.2 Å². The summed E-state index contributed by atoms with van der Waals surface area (Å²) in [4.78, 5) is 10.7. The van der Waals surface area contributed by atoms with E-state index in [4.69, 9.17) is 15.6 Å². The van der Waals surface area contributed by atoms with Crippen LogP contribution in [0.5, 0.6) is 5.75 Å². The van der Waals surface area contributed by atoms with Gasteiger partial charge in [-0.15, -0.1) is 0 Å². The van der Waals surface area contributed by atoms with E-state index in [1.54, 1.807) is 0 Å². The lowest BCUT2D eigenvalue weighted by Gasteiger charge is -2.09. The fourth-order valence-corrected chi connectivity index (χ4v) is 1.84. The van der Waals surface area contributed by atoms with Crippen LogP contribution in [-0.2, 0) is 14.6 Å². The van der Waals surface area contributed by atoms with E-state index >= 15 is 0 Å². The van der Waals surface area contributed by atoms with Crippen LogP contribution < -0.4 is 10.5 Å². The quantitative estimate of drug-likeness (QED) is 0.770. The summed E-state index contributed by atoms with van der Waals surface area (Å²) in [6.45, 7) is 0.158. The second kappa shape index (κ2) is 5.83. The van der Waals surface area contributed by atoms with Crippen LogP contribution in [0.1, 0.15) is 6.42 Å². The van der Waals surface area contributed by atoms with Gasteiger partial charge < -0.3 is 15.6 Å². The summed E-state index contributed by atoms with van der Waals surface area (Å²) >= 11 is 0. The Morgan fingerprint density at radius 1 is 1.39 bits per heavy atom. The summed E-state index contributed by atoms with van der Waals surface area (Å²) in [7, 11) is -3.22. The van der Waals surface area contributed by atoms with Crippen molar-refractivity contribution in [1.82, 2.24) is 0 Å². The Labute approximate surface area is 105 Å². The molecule has 1 rings (SSSR count). The first kappa shape index (κ1) is 14.5. The van der Waals surface area contributed by atoms with Gasteiger partial charge in [0.15, 0.2) is 9.84 Å².